The molecule has 2 unspecified atom stereocenters. The number of pyridine rings is 1. The van der Waals surface area contributed by atoms with Gasteiger partial charge < -0.3 is 10.8 Å². The quantitative estimate of drug-likeness (QED) is 0.661. The molecule has 1 aliphatic carbocycles. The van der Waals surface area contributed by atoms with E-state index in [1.807, 2.05) is 18.2 Å². The Kier molecular flexibility index (Phi) is 2.52. The highest BCUT2D eigenvalue weighted by Crippen LogP contribution is 2.36. The zero-order chi connectivity index (χ0) is 10.0. The fraction of sp³-hybridized carbons (Fsp3) is 0.545. The minimum atomic E-state index is -1.06. The summed E-state index contributed by atoms with van der Waals surface area (Å²) in [6.45, 7) is 0. The van der Waals surface area contributed by atoms with Gasteiger partial charge in [0.2, 0.25) is 0 Å². The van der Waals surface area contributed by atoms with Gasteiger partial charge in [0.05, 0.1) is 0 Å². The van der Waals surface area contributed by atoms with Gasteiger partial charge in [-0.25, -0.2) is 0 Å². The number of hydrogen-bond acceptors (Lipinski definition) is 3. The Bertz CT molecular complexity index is 297. The minimum absolute atomic E-state index is 0.00236. The maximum Gasteiger partial charge on any atom is 0.121 e. The fourth-order valence-electron chi connectivity index (χ4n) is 2.17. The van der Waals surface area contributed by atoms with Crippen molar-refractivity contribution in [3.05, 3.63) is 30.1 Å². The molecule has 2 atom stereocenters. The van der Waals surface area contributed by atoms with Gasteiger partial charge in [-0.3, -0.25) is 4.98 Å². The Balaban J connectivity index is 2.24. The maximum absolute atomic E-state index is 10.0. The van der Waals surface area contributed by atoms with E-state index in [2.05, 4.69) is 4.98 Å². The van der Waals surface area contributed by atoms with E-state index >= 15 is 0 Å². The molecule has 0 saturated heterocycles. The van der Waals surface area contributed by atoms with Crippen LogP contribution in [-0.2, 0) is 0 Å². The maximum atomic E-state index is 10.0. The predicted molar refractivity (Wildman–Crippen MR) is 54.6 cm³/mol. The molecule has 1 aliphatic rings. The summed E-state index contributed by atoms with van der Waals surface area (Å²) >= 11 is 0. The molecule has 2 rings (SSSR count). The summed E-state index contributed by atoms with van der Waals surface area (Å²) in [4.78, 5) is 4.26. The van der Waals surface area contributed by atoms with Crippen molar-refractivity contribution in [1.29, 1.82) is 0 Å². The fourth-order valence-corrected chi connectivity index (χ4v) is 2.17. The van der Waals surface area contributed by atoms with Crippen LogP contribution in [0.2, 0.25) is 0 Å². The lowest BCUT2D eigenvalue weighted by Crippen LogP contribution is -2.47. The van der Waals surface area contributed by atoms with E-state index in [0.717, 1.165) is 25.0 Å². The smallest absolute Gasteiger partial charge is 0.121 e. The van der Waals surface area contributed by atoms with Crippen LogP contribution < -0.4 is 5.73 Å². The van der Waals surface area contributed by atoms with E-state index in [1.165, 1.54) is 0 Å². The van der Waals surface area contributed by atoms with Crippen molar-refractivity contribution in [2.45, 2.75) is 37.3 Å². The highest BCUT2D eigenvalue weighted by atomic mass is 16.3. The highest BCUT2D eigenvalue weighted by Gasteiger charge is 2.36. The molecule has 1 fully saturated rings. The van der Waals surface area contributed by atoms with Gasteiger partial charge in [0.15, 0.2) is 0 Å². The molecule has 1 aromatic rings. The van der Waals surface area contributed by atoms with Crippen LogP contribution in [0, 0.1) is 0 Å². The Morgan fingerprint density at radius 1 is 1.43 bits per heavy atom. The van der Waals surface area contributed by atoms with Crippen LogP contribution in [0.4, 0.5) is 0 Å². The standard InChI is InChI=1S/C11H16N2O/c12-11(14)7-3-1-5-9(11)10-6-2-4-8-13-10/h2,4,6,8-9,14H,1,3,5,7,12H2. The average Bonchev–Trinajstić information content (AvgIpc) is 2.18. The second-order valence-electron chi connectivity index (χ2n) is 4.04. The van der Waals surface area contributed by atoms with E-state index < -0.39 is 5.72 Å². The molecule has 3 nitrogen and oxygen atoms in total. The van der Waals surface area contributed by atoms with Crippen LogP contribution in [0.25, 0.3) is 0 Å². The van der Waals surface area contributed by atoms with E-state index in [4.69, 9.17) is 5.73 Å². The van der Waals surface area contributed by atoms with Crippen molar-refractivity contribution < 1.29 is 5.11 Å². The second kappa shape index (κ2) is 3.67. The third kappa shape index (κ3) is 1.79. The van der Waals surface area contributed by atoms with Crippen LogP contribution in [0.1, 0.15) is 37.3 Å². The van der Waals surface area contributed by atoms with Crippen LogP contribution in [0.5, 0.6) is 0 Å². The lowest BCUT2D eigenvalue weighted by atomic mass is 9.79. The molecule has 14 heavy (non-hydrogen) atoms. The van der Waals surface area contributed by atoms with E-state index in [-0.39, 0.29) is 5.92 Å². The predicted octanol–water partition coefficient (Wildman–Crippen LogP) is 1.39. The van der Waals surface area contributed by atoms with Crippen LogP contribution in [-0.4, -0.2) is 15.8 Å². The van der Waals surface area contributed by atoms with Gasteiger partial charge in [0.1, 0.15) is 5.72 Å². The van der Waals surface area contributed by atoms with Gasteiger partial charge >= 0.3 is 0 Å². The molecule has 0 bridgehead atoms. The third-order valence-corrected chi connectivity index (χ3v) is 2.97. The van der Waals surface area contributed by atoms with Crippen LogP contribution in [0.15, 0.2) is 24.4 Å². The summed E-state index contributed by atoms with van der Waals surface area (Å²) in [5.41, 5.74) is 5.72. The van der Waals surface area contributed by atoms with Crippen LogP contribution in [0.3, 0.4) is 0 Å². The molecule has 0 aliphatic heterocycles. The summed E-state index contributed by atoms with van der Waals surface area (Å²) in [6, 6.07) is 5.75. The minimum Gasteiger partial charge on any atom is -0.375 e. The number of hydrogen-bond donors (Lipinski definition) is 2. The van der Waals surface area contributed by atoms with Gasteiger partial charge in [-0.05, 0) is 31.4 Å². The third-order valence-electron chi connectivity index (χ3n) is 2.97. The first-order valence-corrected chi connectivity index (χ1v) is 5.12. The molecule has 1 aromatic heterocycles. The SMILES string of the molecule is NC1(O)CCCCC1c1ccccn1. The van der Waals surface area contributed by atoms with Gasteiger partial charge in [-0.15, -0.1) is 0 Å². The molecular formula is C11H16N2O. The van der Waals surface area contributed by atoms with Gasteiger partial charge in [-0.2, -0.15) is 0 Å². The zero-order valence-corrected chi connectivity index (χ0v) is 8.19. The number of nitrogens with zero attached hydrogens (tertiary/aromatic N) is 1. The Morgan fingerprint density at radius 2 is 2.29 bits per heavy atom. The number of rotatable bonds is 1. The zero-order valence-electron chi connectivity index (χ0n) is 8.19. The molecule has 3 heteroatoms. The number of nitrogens with two attached hydrogens (primary N) is 1. The largest absolute Gasteiger partial charge is 0.375 e. The Hall–Kier alpha value is -0.930. The van der Waals surface area contributed by atoms with Crippen molar-refractivity contribution >= 4 is 0 Å². The van der Waals surface area contributed by atoms with Crippen molar-refractivity contribution in [2.24, 2.45) is 5.73 Å². The summed E-state index contributed by atoms with van der Waals surface area (Å²) < 4.78 is 0. The van der Waals surface area contributed by atoms with Gasteiger partial charge in [0, 0.05) is 17.8 Å². The molecule has 76 valence electrons. The molecule has 0 spiro atoms. The first-order valence-electron chi connectivity index (χ1n) is 5.12. The summed E-state index contributed by atoms with van der Waals surface area (Å²) in [6.07, 6.45) is 5.50. The highest BCUT2D eigenvalue weighted by molar-refractivity contribution is 5.14. The Morgan fingerprint density at radius 3 is 2.93 bits per heavy atom. The molecule has 1 heterocycles. The normalized spacial score (nSPS) is 32.9. The van der Waals surface area contributed by atoms with Gasteiger partial charge in [0.25, 0.3) is 0 Å². The Labute approximate surface area is 84.0 Å². The van der Waals surface area contributed by atoms with Crippen molar-refractivity contribution in [2.75, 3.05) is 0 Å². The molecule has 0 amide bonds. The lowest BCUT2D eigenvalue weighted by molar-refractivity contribution is -0.0124. The van der Waals surface area contributed by atoms with E-state index in [1.54, 1.807) is 6.20 Å². The van der Waals surface area contributed by atoms with E-state index in [0.29, 0.717) is 6.42 Å². The number of aliphatic hydroxyl groups is 1. The monoisotopic (exact) mass is 192 g/mol. The molecule has 3 N–H and O–H groups in total. The number of aromatic nitrogens is 1. The van der Waals surface area contributed by atoms with Crippen molar-refractivity contribution in [1.82, 2.24) is 4.98 Å². The van der Waals surface area contributed by atoms with Crippen molar-refractivity contribution in [3.8, 4) is 0 Å². The van der Waals surface area contributed by atoms with E-state index in [9.17, 15) is 5.11 Å². The average molecular weight is 192 g/mol. The molecule has 0 radical (unpaired) electrons. The summed E-state index contributed by atoms with van der Waals surface area (Å²) in [7, 11) is 0. The van der Waals surface area contributed by atoms with Crippen LogP contribution >= 0.6 is 0 Å². The van der Waals surface area contributed by atoms with Crippen molar-refractivity contribution in [3.63, 3.8) is 0 Å². The van der Waals surface area contributed by atoms with Gasteiger partial charge in [-0.1, -0.05) is 12.5 Å². The summed E-state index contributed by atoms with van der Waals surface area (Å²) in [5.74, 6) is -0.00236. The first-order chi connectivity index (χ1) is 6.70. The second-order valence-corrected chi connectivity index (χ2v) is 4.04. The first kappa shape index (κ1) is 9.62. The topological polar surface area (TPSA) is 59.1 Å². The summed E-state index contributed by atoms with van der Waals surface area (Å²) in [5, 5.41) is 10.0. The molecule has 1 saturated carbocycles. The molecular weight excluding hydrogens is 176 g/mol. The molecule has 0 aromatic carbocycles. The lowest BCUT2D eigenvalue weighted by Gasteiger charge is -2.36.